The fraction of sp³-hybridized carbons (Fsp3) is 0.318. The van der Waals surface area contributed by atoms with Gasteiger partial charge in [-0.05, 0) is 47.6 Å². The van der Waals surface area contributed by atoms with Crippen molar-refractivity contribution < 1.29 is 19.2 Å². The van der Waals surface area contributed by atoms with E-state index in [0.29, 0.717) is 25.2 Å². The molecule has 1 N–H and O–H groups in total. The number of carbonyl (C=O) groups is 1. The molecule has 2 aliphatic heterocycles. The Morgan fingerprint density at radius 3 is 2.79 bits per heavy atom. The van der Waals surface area contributed by atoms with Crippen molar-refractivity contribution in [3.63, 3.8) is 0 Å². The number of carbonyl (C=O) groups excluding carboxylic acids is 1. The minimum absolute atomic E-state index is 0.0184. The molecule has 11 heteroatoms. The van der Waals surface area contributed by atoms with Crippen molar-refractivity contribution in [1.82, 2.24) is 19.7 Å². The number of anilines is 1. The Morgan fingerprint density at radius 2 is 2.00 bits per heavy atom. The quantitative estimate of drug-likeness (QED) is 0.449. The highest BCUT2D eigenvalue weighted by Gasteiger charge is 2.25. The number of hydrogen-bond acceptors (Lipinski definition) is 8. The van der Waals surface area contributed by atoms with E-state index in [-0.39, 0.29) is 18.7 Å². The SMILES string of the molecule is O=C(c1ccc(Cn2cnc([N+](=O)[O-])n2)cc1)N1CCCC(Nc2ccc3c(c2)OCO3)C1. The molecule has 1 fully saturated rings. The second kappa shape index (κ2) is 8.77. The van der Waals surface area contributed by atoms with Gasteiger partial charge < -0.3 is 29.8 Å². The van der Waals surface area contributed by atoms with Crippen LogP contribution in [-0.2, 0) is 6.54 Å². The monoisotopic (exact) mass is 450 g/mol. The number of benzene rings is 2. The fourth-order valence-electron chi connectivity index (χ4n) is 4.07. The molecule has 0 aliphatic carbocycles. The topological polar surface area (TPSA) is 125 Å². The minimum Gasteiger partial charge on any atom is -0.454 e. The lowest BCUT2D eigenvalue weighted by molar-refractivity contribution is -0.394. The summed E-state index contributed by atoms with van der Waals surface area (Å²) >= 11 is 0. The first-order valence-corrected chi connectivity index (χ1v) is 10.6. The van der Waals surface area contributed by atoms with Crippen molar-refractivity contribution in [3.8, 4) is 11.5 Å². The predicted molar refractivity (Wildman–Crippen MR) is 117 cm³/mol. The van der Waals surface area contributed by atoms with Crippen molar-refractivity contribution in [2.45, 2.75) is 25.4 Å². The molecule has 0 spiro atoms. The van der Waals surface area contributed by atoms with Crippen LogP contribution in [0.25, 0.3) is 0 Å². The molecular formula is C22H22N6O5. The molecule has 33 heavy (non-hydrogen) atoms. The molecule has 1 saturated heterocycles. The van der Waals surface area contributed by atoms with Gasteiger partial charge in [0.25, 0.3) is 5.91 Å². The molecule has 11 nitrogen and oxygen atoms in total. The van der Waals surface area contributed by atoms with Gasteiger partial charge >= 0.3 is 5.95 Å². The van der Waals surface area contributed by atoms with Gasteiger partial charge in [0.15, 0.2) is 11.5 Å². The summed E-state index contributed by atoms with van der Waals surface area (Å²) in [6.45, 7) is 1.89. The van der Waals surface area contributed by atoms with Gasteiger partial charge in [-0.2, -0.15) is 4.68 Å². The first-order chi connectivity index (χ1) is 16.0. The summed E-state index contributed by atoms with van der Waals surface area (Å²) in [5.41, 5.74) is 2.41. The molecule has 1 amide bonds. The third-order valence-corrected chi connectivity index (χ3v) is 5.69. The molecule has 1 atom stereocenters. The molecule has 0 saturated carbocycles. The third-order valence-electron chi connectivity index (χ3n) is 5.69. The average molecular weight is 450 g/mol. The maximum absolute atomic E-state index is 13.1. The van der Waals surface area contributed by atoms with Crippen molar-refractivity contribution in [1.29, 1.82) is 0 Å². The zero-order valence-electron chi connectivity index (χ0n) is 17.7. The van der Waals surface area contributed by atoms with Gasteiger partial charge in [0, 0.05) is 41.5 Å². The lowest BCUT2D eigenvalue weighted by Crippen LogP contribution is -2.45. The van der Waals surface area contributed by atoms with Crippen LogP contribution in [0.1, 0.15) is 28.8 Å². The molecule has 2 aliphatic rings. The van der Waals surface area contributed by atoms with Crippen LogP contribution in [0.2, 0.25) is 0 Å². The Bertz CT molecular complexity index is 1180. The highest BCUT2D eigenvalue weighted by molar-refractivity contribution is 5.94. The molecule has 0 radical (unpaired) electrons. The summed E-state index contributed by atoms with van der Waals surface area (Å²) in [5.74, 6) is 1.02. The Kier molecular flexibility index (Phi) is 5.51. The van der Waals surface area contributed by atoms with E-state index in [1.54, 1.807) is 12.1 Å². The Hall–Kier alpha value is -4.15. The maximum Gasteiger partial charge on any atom is 0.490 e. The summed E-state index contributed by atoms with van der Waals surface area (Å²) in [5, 5.41) is 18.0. The van der Waals surface area contributed by atoms with Crippen molar-refractivity contribution in [2.75, 3.05) is 25.2 Å². The number of nitrogens with zero attached hydrogens (tertiary/aromatic N) is 5. The third kappa shape index (κ3) is 4.56. The van der Waals surface area contributed by atoms with Crippen LogP contribution in [0.4, 0.5) is 11.6 Å². The number of hydrogen-bond donors (Lipinski definition) is 1. The van der Waals surface area contributed by atoms with Gasteiger partial charge in [-0.3, -0.25) is 4.79 Å². The van der Waals surface area contributed by atoms with E-state index in [4.69, 9.17) is 9.47 Å². The zero-order valence-corrected chi connectivity index (χ0v) is 17.7. The number of nitrogens with one attached hydrogen (secondary N) is 1. The van der Waals surface area contributed by atoms with Gasteiger partial charge in [-0.25, -0.2) is 0 Å². The highest BCUT2D eigenvalue weighted by Crippen LogP contribution is 2.34. The molecule has 3 heterocycles. The number of ether oxygens (including phenoxy) is 2. The van der Waals surface area contributed by atoms with E-state index in [0.717, 1.165) is 35.6 Å². The summed E-state index contributed by atoms with van der Waals surface area (Å²) < 4.78 is 12.2. The molecule has 170 valence electrons. The number of rotatable bonds is 6. The lowest BCUT2D eigenvalue weighted by atomic mass is 10.0. The summed E-state index contributed by atoms with van der Waals surface area (Å²) in [4.78, 5) is 28.7. The number of likely N-dealkylation sites (tertiary alicyclic amines) is 1. The number of fused-ring (bicyclic) bond motifs is 1. The number of aromatic nitrogens is 3. The van der Waals surface area contributed by atoms with Crippen molar-refractivity contribution in [3.05, 3.63) is 70.0 Å². The normalized spacial score (nSPS) is 17.1. The van der Waals surface area contributed by atoms with Gasteiger partial charge in [-0.1, -0.05) is 17.1 Å². The Balaban J connectivity index is 1.20. The van der Waals surface area contributed by atoms with Gasteiger partial charge in [-0.15, -0.1) is 0 Å². The Labute approximate surface area is 189 Å². The van der Waals surface area contributed by atoms with Crippen LogP contribution in [0.15, 0.2) is 48.8 Å². The number of amides is 1. The van der Waals surface area contributed by atoms with Crippen LogP contribution in [0.3, 0.4) is 0 Å². The van der Waals surface area contributed by atoms with E-state index >= 15 is 0 Å². The van der Waals surface area contributed by atoms with Gasteiger partial charge in [0.1, 0.15) is 0 Å². The van der Waals surface area contributed by atoms with E-state index in [1.165, 1.54) is 11.0 Å². The van der Waals surface area contributed by atoms with Crippen LogP contribution in [0.5, 0.6) is 11.5 Å². The lowest BCUT2D eigenvalue weighted by Gasteiger charge is -2.34. The molecule has 3 aromatic rings. The average Bonchev–Trinajstić information content (AvgIpc) is 3.49. The fourth-order valence-corrected chi connectivity index (χ4v) is 4.07. The van der Waals surface area contributed by atoms with E-state index in [2.05, 4.69) is 15.4 Å². The van der Waals surface area contributed by atoms with E-state index in [1.807, 2.05) is 35.2 Å². The smallest absolute Gasteiger partial charge is 0.454 e. The molecule has 1 aromatic heterocycles. The first-order valence-electron chi connectivity index (χ1n) is 10.6. The van der Waals surface area contributed by atoms with E-state index < -0.39 is 10.9 Å². The second-order valence-corrected chi connectivity index (χ2v) is 8.00. The first kappa shape index (κ1) is 20.7. The molecular weight excluding hydrogens is 428 g/mol. The summed E-state index contributed by atoms with van der Waals surface area (Å²) in [6.07, 6.45) is 3.20. The highest BCUT2D eigenvalue weighted by atomic mass is 16.7. The molecule has 0 bridgehead atoms. The summed E-state index contributed by atoms with van der Waals surface area (Å²) in [7, 11) is 0. The van der Waals surface area contributed by atoms with Crippen LogP contribution >= 0.6 is 0 Å². The number of piperidine rings is 1. The minimum atomic E-state index is -0.633. The van der Waals surface area contributed by atoms with Crippen LogP contribution in [-0.4, -0.2) is 56.4 Å². The zero-order chi connectivity index (χ0) is 22.8. The van der Waals surface area contributed by atoms with Crippen LogP contribution < -0.4 is 14.8 Å². The van der Waals surface area contributed by atoms with Crippen molar-refractivity contribution >= 4 is 17.5 Å². The predicted octanol–water partition coefficient (Wildman–Crippen LogP) is 2.68. The molecule has 1 unspecified atom stereocenters. The molecule has 5 rings (SSSR count). The summed E-state index contributed by atoms with van der Waals surface area (Å²) in [6, 6.07) is 13.1. The number of nitro groups is 1. The van der Waals surface area contributed by atoms with Crippen molar-refractivity contribution in [2.24, 2.45) is 0 Å². The molecule has 2 aromatic carbocycles. The Morgan fingerprint density at radius 1 is 1.18 bits per heavy atom. The van der Waals surface area contributed by atoms with Gasteiger partial charge in [0.05, 0.1) is 6.54 Å². The van der Waals surface area contributed by atoms with Gasteiger partial charge in [0.2, 0.25) is 13.1 Å². The largest absolute Gasteiger partial charge is 0.490 e. The van der Waals surface area contributed by atoms with E-state index in [9.17, 15) is 14.9 Å². The van der Waals surface area contributed by atoms with Crippen LogP contribution in [0, 0.1) is 10.1 Å². The second-order valence-electron chi connectivity index (χ2n) is 8.00. The standard InChI is InChI=1S/C22H22N6O5/c29-21(16-5-3-15(4-6-16)11-27-13-23-22(25-27)28(30)31)26-9-1-2-18(12-26)24-17-7-8-19-20(10-17)33-14-32-19/h3-8,10,13,18,24H,1-2,9,11-12,14H2. The maximum atomic E-state index is 13.1.